The minimum atomic E-state index is -0.575. The molecule has 2 N–H and O–H groups in total. The quantitative estimate of drug-likeness (QED) is 0.751. The standard InChI is InChI=1S/C21H23N3O6/c1-27-13-7-5-6-12(10-13)20(26)24-21-22-15(11-17(25)23-21)14-8-9-16(28-2)19(30-4)18(14)29-3/h5-10,15H,11H2,1-4H3,(H2,22,23,24,25,26). The van der Waals surface area contributed by atoms with Gasteiger partial charge in [-0.2, -0.15) is 0 Å². The average Bonchev–Trinajstić information content (AvgIpc) is 2.77. The Morgan fingerprint density at radius 3 is 2.47 bits per heavy atom. The number of hydrogen-bond donors (Lipinski definition) is 2. The van der Waals surface area contributed by atoms with E-state index >= 15 is 0 Å². The van der Waals surface area contributed by atoms with Crippen LogP contribution in [0.15, 0.2) is 41.4 Å². The fraction of sp³-hybridized carbons (Fsp3) is 0.286. The molecule has 1 aliphatic rings. The number of hydrogen-bond acceptors (Lipinski definition) is 7. The first kappa shape index (κ1) is 21.0. The lowest BCUT2D eigenvalue weighted by Crippen LogP contribution is -2.47. The first-order valence-electron chi connectivity index (χ1n) is 9.12. The van der Waals surface area contributed by atoms with E-state index in [0.717, 1.165) is 0 Å². The van der Waals surface area contributed by atoms with Gasteiger partial charge < -0.3 is 18.9 Å². The minimum Gasteiger partial charge on any atom is -0.497 e. The number of nitrogens with zero attached hydrogens (tertiary/aromatic N) is 1. The maximum absolute atomic E-state index is 12.6. The molecule has 30 heavy (non-hydrogen) atoms. The Morgan fingerprint density at radius 1 is 1.03 bits per heavy atom. The van der Waals surface area contributed by atoms with Crippen molar-refractivity contribution in [3.8, 4) is 23.0 Å². The zero-order valence-corrected chi connectivity index (χ0v) is 17.1. The molecule has 0 aromatic heterocycles. The summed E-state index contributed by atoms with van der Waals surface area (Å²) in [5, 5.41) is 5.22. The summed E-state index contributed by atoms with van der Waals surface area (Å²) in [6, 6.07) is 9.56. The van der Waals surface area contributed by atoms with Crippen LogP contribution in [0.3, 0.4) is 0 Å². The van der Waals surface area contributed by atoms with Crippen molar-refractivity contribution in [3.05, 3.63) is 47.5 Å². The zero-order valence-electron chi connectivity index (χ0n) is 17.1. The number of methoxy groups -OCH3 is 4. The van der Waals surface area contributed by atoms with Crippen LogP contribution in [-0.4, -0.2) is 46.2 Å². The highest BCUT2D eigenvalue weighted by molar-refractivity contribution is 6.10. The number of amides is 2. The lowest BCUT2D eigenvalue weighted by Gasteiger charge is -2.24. The molecule has 9 heteroatoms. The normalized spacial score (nSPS) is 15.5. The first-order valence-corrected chi connectivity index (χ1v) is 9.12. The maximum Gasteiger partial charge on any atom is 0.258 e. The minimum absolute atomic E-state index is 0.0564. The Morgan fingerprint density at radius 2 is 1.80 bits per heavy atom. The number of carbonyl (C=O) groups is 2. The summed E-state index contributed by atoms with van der Waals surface area (Å²) in [5.74, 6) is 1.21. The second-order valence-corrected chi connectivity index (χ2v) is 6.36. The Balaban J connectivity index is 1.91. The molecule has 0 fully saturated rings. The molecule has 2 aromatic rings. The Labute approximate surface area is 174 Å². The van der Waals surface area contributed by atoms with Gasteiger partial charge in [-0.1, -0.05) is 6.07 Å². The van der Waals surface area contributed by atoms with Crippen LogP contribution in [0.1, 0.15) is 28.4 Å². The van der Waals surface area contributed by atoms with Gasteiger partial charge in [0.25, 0.3) is 5.91 Å². The average molecular weight is 413 g/mol. The van der Waals surface area contributed by atoms with Gasteiger partial charge in [0, 0.05) is 11.1 Å². The van der Waals surface area contributed by atoms with Gasteiger partial charge in [0.2, 0.25) is 17.6 Å². The van der Waals surface area contributed by atoms with E-state index in [-0.39, 0.29) is 18.3 Å². The van der Waals surface area contributed by atoms with Gasteiger partial charge >= 0.3 is 0 Å². The molecule has 9 nitrogen and oxygen atoms in total. The van der Waals surface area contributed by atoms with E-state index in [9.17, 15) is 9.59 Å². The topological polar surface area (TPSA) is 107 Å². The number of guanidine groups is 1. The highest BCUT2D eigenvalue weighted by atomic mass is 16.5. The van der Waals surface area contributed by atoms with Crippen LogP contribution in [0.2, 0.25) is 0 Å². The molecule has 0 radical (unpaired) electrons. The third-order valence-corrected chi connectivity index (χ3v) is 4.58. The summed E-state index contributed by atoms with van der Waals surface area (Å²) >= 11 is 0. The smallest absolute Gasteiger partial charge is 0.258 e. The van der Waals surface area contributed by atoms with Crippen molar-refractivity contribution in [2.45, 2.75) is 12.5 Å². The van der Waals surface area contributed by atoms with Crippen molar-refractivity contribution in [2.24, 2.45) is 4.99 Å². The van der Waals surface area contributed by atoms with Crippen LogP contribution in [0, 0.1) is 0 Å². The lowest BCUT2D eigenvalue weighted by molar-refractivity contribution is -0.120. The van der Waals surface area contributed by atoms with E-state index in [1.54, 1.807) is 36.4 Å². The van der Waals surface area contributed by atoms with E-state index in [2.05, 4.69) is 15.6 Å². The highest BCUT2D eigenvalue weighted by Gasteiger charge is 2.28. The Kier molecular flexibility index (Phi) is 6.41. The predicted octanol–water partition coefficient (Wildman–Crippen LogP) is 2.07. The summed E-state index contributed by atoms with van der Waals surface area (Å²) < 4.78 is 21.3. The SMILES string of the molecule is COc1cccc(C(=O)NC2=NC(c3ccc(OC)c(OC)c3OC)CC(=O)N2)c1. The van der Waals surface area contributed by atoms with Gasteiger partial charge in [-0.15, -0.1) is 0 Å². The molecule has 1 unspecified atom stereocenters. The molecule has 0 saturated heterocycles. The van der Waals surface area contributed by atoms with Gasteiger partial charge in [0.15, 0.2) is 11.5 Å². The van der Waals surface area contributed by atoms with Crippen molar-refractivity contribution in [1.82, 2.24) is 10.6 Å². The van der Waals surface area contributed by atoms with E-state index in [4.69, 9.17) is 18.9 Å². The Hall–Kier alpha value is -3.75. The third-order valence-electron chi connectivity index (χ3n) is 4.58. The number of benzene rings is 2. The number of aliphatic imine (C=N–C) groups is 1. The van der Waals surface area contributed by atoms with Crippen LogP contribution in [-0.2, 0) is 4.79 Å². The zero-order chi connectivity index (χ0) is 21.7. The number of ether oxygens (including phenoxy) is 4. The molecule has 0 spiro atoms. The van der Waals surface area contributed by atoms with Crippen LogP contribution in [0.5, 0.6) is 23.0 Å². The number of rotatable bonds is 6. The molecule has 158 valence electrons. The van der Waals surface area contributed by atoms with Gasteiger partial charge in [-0.3, -0.25) is 20.2 Å². The fourth-order valence-corrected chi connectivity index (χ4v) is 3.17. The van der Waals surface area contributed by atoms with E-state index in [1.807, 2.05) is 0 Å². The van der Waals surface area contributed by atoms with E-state index < -0.39 is 11.9 Å². The van der Waals surface area contributed by atoms with Crippen LogP contribution in [0.4, 0.5) is 0 Å². The monoisotopic (exact) mass is 413 g/mol. The molecule has 0 bridgehead atoms. The number of carbonyl (C=O) groups excluding carboxylic acids is 2. The van der Waals surface area contributed by atoms with Crippen molar-refractivity contribution in [3.63, 3.8) is 0 Å². The first-order chi connectivity index (χ1) is 14.5. The summed E-state index contributed by atoms with van der Waals surface area (Å²) in [5.41, 5.74) is 1.01. The van der Waals surface area contributed by atoms with E-state index in [1.165, 1.54) is 28.4 Å². The maximum atomic E-state index is 12.6. The second kappa shape index (κ2) is 9.17. The molecular formula is C21H23N3O6. The van der Waals surface area contributed by atoms with Crippen LogP contribution >= 0.6 is 0 Å². The van der Waals surface area contributed by atoms with Crippen molar-refractivity contribution >= 4 is 17.8 Å². The van der Waals surface area contributed by atoms with Crippen LogP contribution < -0.4 is 29.6 Å². The molecule has 1 heterocycles. The van der Waals surface area contributed by atoms with Crippen molar-refractivity contribution < 1.29 is 28.5 Å². The molecule has 1 atom stereocenters. The van der Waals surface area contributed by atoms with Crippen molar-refractivity contribution in [1.29, 1.82) is 0 Å². The summed E-state index contributed by atoms with van der Waals surface area (Å²) in [7, 11) is 6.04. The Bertz CT molecular complexity index is 989. The predicted molar refractivity (Wildman–Crippen MR) is 109 cm³/mol. The fourth-order valence-electron chi connectivity index (χ4n) is 3.17. The van der Waals surface area contributed by atoms with Crippen molar-refractivity contribution in [2.75, 3.05) is 28.4 Å². The molecular weight excluding hydrogens is 390 g/mol. The molecule has 0 saturated carbocycles. The third kappa shape index (κ3) is 4.29. The summed E-state index contributed by atoms with van der Waals surface area (Å²) in [6.45, 7) is 0. The van der Waals surface area contributed by atoms with Gasteiger partial charge in [-0.25, -0.2) is 4.99 Å². The molecule has 0 aliphatic carbocycles. The molecule has 2 aromatic carbocycles. The van der Waals surface area contributed by atoms with Crippen LogP contribution in [0.25, 0.3) is 0 Å². The van der Waals surface area contributed by atoms with Gasteiger partial charge in [-0.05, 0) is 30.3 Å². The molecule has 2 amide bonds. The van der Waals surface area contributed by atoms with Gasteiger partial charge in [0.05, 0.1) is 40.9 Å². The summed E-state index contributed by atoms with van der Waals surface area (Å²) in [6.07, 6.45) is 0.0877. The largest absolute Gasteiger partial charge is 0.497 e. The molecule has 1 aliphatic heterocycles. The number of nitrogens with one attached hydrogen (secondary N) is 2. The van der Waals surface area contributed by atoms with Gasteiger partial charge in [0.1, 0.15) is 5.75 Å². The lowest BCUT2D eigenvalue weighted by atomic mass is 10.0. The van der Waals surface area contributed by atoms with E-state index in [0.29, 0.717) is 34.1 Å². The second-order valence-electron chi connectivity index (χ2n) is 6.36. The summed E-state index contributed by atoms with van der Waals surface area (Å²) in [4.78, 5) is 29.4. The molecule has 3 rings (SSSR count). The highest BCUT2D eigenvalue weighted by Crippen LogP contribution is 2.44.